The fourth-order valence-corrected chi connectivity index (χ4v) is 3.27. The van der Waals surface area contributed by atoms with Crippen LogP contribution in [0.4, 0.5) is 18.0 Å². The average Bonchev–Trinajstić information content (AvgIpc) is 2.60. The summed E-state index contributed by atoms with van der Waals surface area (Å²) in [5, 5.41) is 1.76. The van der Waals surface area contributed by atoms with Crippen molar-refractivity contribution in [3.05, 3.63) is 65.7 Å². The lowest BCUT2D eigenvalue weighted by Crippen LogP contribution is -2.48. The summed E-state index contributed by atoms with van der Waals surface area (Å²) in [6.45, 7) is 1.66. The molecule has 1 N–H and O–H groups in total. The third-order valence-electron chi connectivity index (χ3n) is 3.50. The minimum Gasteiger partial charge on any atom is -0.445 e. The number of hydrogen-bond acceptors (Lipinski definition) is 3. The third-order valence-corrected chi connectivity index (χ3v) is 4.94. The van der Waals surface area contributed by atoms with Crippen molar-refractivity contribution in [1.29, 1.82) is 0 Å². The molecule has 26 heavy (non-hydrogen) atoms. The molecule has 0 aliphatic carbocycles. The second-order valence-electron chi connectivity index (χ2n) is 5.63. The normalized spacial score (nSPS) is 13.7. The predicted molar refractivity (Wildman–Crippen MR) is 92.1 cm³/mol. The second-order valence-corrected chi connectivity index (χ2v) is 7.12. The lowest BCUT2D eigenvalue weighted by molar-refractivity contribution is -0.149. The molecular weight excluding hydrogens is 367 g/mol. The zero-order valence-corrected chi connectivity index (χ0v) is 14.8. The van der Waals surface area contributed by atoms with E-state index in [1.54, 1.807) is 47.8 Å². The number of amides is 1. The summed E-state index contributed by atoms with van der Waals surface area (Å²) in [5.41, 5.74) is 1.55. The molecule has 0 unspecified atom stereocenters. The van der Waals surface area contributed by atoms with Gasteiger partial charge in [0.1, 0.15) is 12.6 Å². The number of alkyl carbamates (subject to hydrolysis) is 1. The minimum atomic E-state index is -4.74. The highest BCUT2D eigenvalue weighted by molar-refractivity contribution is 7.85. The fourth-order valence-electron chi connectivity index (χ4n) is 2.06. The van der Waals surface area contributed by atoms with Crippen LogP contribution >= 0.6 is 0 Å². The Labute approximate surface area is 151 Å². The zero-order chi connectivity index (χ0) is 19.2. The van der Waals surface area contributed by atoms with Crippen LogP contribution in [0.25, 0.3) is 0 Å². The Balaban J connectivity index is 1.97. The van der Waals surface area contributed by atoms with Gasteiger partial charge >= 0.3 is 12.3 Å². The molecule has 4 nitrogen and oxygen atoms in total. The maximum Gasteiger partial charge on any atom is 0.409 e. The molecular formula is C18H18F3NO3S. The van der Waals surface area contributed by atoms with E-state index < -0.39 is 34.9 Å². The zero-order valence-electron chi connectivity index (χ0n) is 14.0. The Morgan fingerprint density at radius 1 is 1.12 bits per heavy atom. The van der Waals surface area contributed by atoms with Crippen LogP contribution in [0.2, 0.25) is 0 Å². The minimum absolute atomic E-state index is 0.154. The molecule has 2 rings (SSSR count). The van der Waals surface area contributed by atoms with Gasteiger partial charge in [0.2, 0.25) is 0 Å². The van der Waals surface area contributed by atoms with Crippen LogP contribution < -0.4 is 5.32 Å². The van der Waals surface area contributed by atoms with Gasteiger partial charge in [0.15, 0.2) is 0 Å². The van der Waals surface area contributed by atoms with Crippen LogP contribution in [0.15, 0.2) is 59.5 Å². The molecule has 2 atom stereocenters. The van der Waals surface area contributed by atoms with Crippen LogP contribution in [0.1, 0.15) is 11.1 Å². The van der Waals surface area contributed by atoms with Crippen molar-refractivity contribution in [2.24, 2.45) is 0 Å². The first kappa shape index (κ1) is 20.0. The van der Waals surface area contributed by atoms with Crippen molar-refractivity contribution in [2.75, 3.05) is 5.75 Å². The maximum atomic E-state index is 13.2. The van der Waals surface area contributed by atoms with Crippen LogP contribution in [-0.4, -0.2) is 28.3 Å². The summed E-state index contributed by atoms with van der Waals surface area (Å²) in [4.78, 5) is 12.0. The van der Waals surface area contributed by atoms with E-state index in [1.165, 1.54) is 12.1 Å². The van der Waals surface area contributed by atoms with E-state index >= 15 is 0 Å². The van der Waals surface area contributed by atoms with Gasteiger partial charge in [0.05, 0.1) is 16.6 Å². The van der Waals surface area contributed by atoms with E-state index in [2.05, 4.69) is 0 Å². The lowest BCUT2D eigenvalue weighted by atomic mass is 10.2. The largest absolute Gasteiger partial charge is 0.445 e. The van der Waals surface area contributed by atoms with Crippen molar-refractivity contribution >= 4 is 16.9 Å². The molecule has 0 radical (unpaired) electrons. The second kappa shape index (κ2) is 8.84. The van der Waals surface area contributed by atoms with Crippen molar-refractivity contribution in [1.82, 2.24) is 5.32 Å². The van der Waals surface area contributed by atoms with E-state index in [9.17, 15) is 22.2 Å². The SMILES string of the molecule is Cc1ccc([S@](=O)C[C@@H](NC(=O)OCc2ccccc2)C(F)(F)F)cc1. The summed E-state index contributed by atoms with van der Waals surface area (Å²) in [6, 6.07) is 12.6. The van der Waals surface area contributed by atoms with Gasteiger partial charge in [-0.05, 0) is 24.6 Å². The molecule has 0 bridgehead atoms. The Morgan fingerprint density at radius 2 is 1.73 bits per heavy atom. The summed E-state index contributed by atoms with van der Waals surface area (Å²) in [6.07, 6.45) is -5.95. The summed E-state index contributed by atoms with van der Waals surface area (Å²) in [5.74, 6) is -0.785. The van der Waals surface area contributed by atoms with E-state index in [-0.39, 0.29) is 11.5 Å². The molecule has 1 amide bonds. The number of benzene rings is 2. The standard InChI is InChI=1S/C18H18F3NO3S/c1-13-7-9-15(10-8-13)26(24)12-16(18(19,20)21)22-17(23)25-11-14-5-3-2-4-6-14/h2-10,16H,11-12H2,1H3,(H,22,23)/t16-,26-/m1/s1. The molecule has 140 valence electrons. The summed E-state index contributed by atoms with van der Waals surface area (Å²) in [7, 11) is -1.91. The Bertz CT molecular complexity index is 749. The molecule has 0 aliphatic rings. The van der Waals surface area contributed by atoms with Crippen molar-refractivity contribution in [3.8, 4) is 0 Å². The van der Waals surface area contributed by atoms with Gasteiger partial charge in [-0.25, -0.2) is 4.79 Å². The van der Waals surface area contributed by atoms with E-state index in [4.69, 9.17) is 4.74 Å². The van der Waals surface area contributed by atoms with Crippen molar-refractivity contribution < 1.29 is 26.9 Å². The van der Waals surface area contributed by atoms with Gasteiger partial charge in [0.25, 0.3) is 0 Å². The highest BCUT2D eigenvalue weighted by Crippen LogP contribution is 2.23. The number of aryl methyl sites for hydroxylation is 1. The van der Waals surface area contributed by atoms with Gasteiger partial charge in [0, 0.05) is 4.90 Å². The summed E-state index contributed by atoms with van der Waals surface area (Å²) < 4.78 is 56.5. The van der Waals surface area contributed by atoms with E-state index in [1.807, 2.05) is 6.92 Å². The molecule has 0 aromatic heterocycles. The topological polar surface area (TPSA) is 55.4 Å². The molecule has 0 aliphatic heterocycles. The number of hydrogen-bond donors (Lipinski definition) is 1. The molecule has 0 fully saturated rings. The van der Waals surface area contributed by atoms with E-state index in [0.29, 0.717) is 5.56 Å². The number of alkyl halides is 3. The first-order valence-electron chi connectivity index (χ1n) is 7.74. The van der Waals surface area contributed by atoms with Gasteiger partial charge < -0.3 is 10.1 Å². The van der Waals surface area contributed by atoms with Crippen LogP contribution in [0.5, 0.6) is 0 Å². The quantitative estimate of drug-likeness (QED) is 0.819. The highest BCUT2D eigenvalue weighted by Gasteiger charge is 2.42. The smallest absolute Gasteiger partial charge is 0.409 e. The number of nitrogens with one attached hydrogen (secondary N) is 1. The van der Waals surface area contributed by atoms with Crippen LogP contribution in [-0.2, 0) is 22.1 Å². The predicted octanol–water partition coefficient (Wildman–Crippen LogP) is 3.96. The first-order chi connectivity index (χ1) is 12.3. The number of halogens is 3. The monoisotopic (exact) mass is 385 g/mol. The van der Waals surface area contributed by atoms with Crippen molar-refractivity contribution in [3.63, 3.8) is 0 Å². The molecule has 2 aromatic rings. The third kappa shape index (κ3) is 6.18. The van der Waals surface area contributed by atoms with Crippen LogP contribution in [0, 0.1) is 6.92 Å². The number of ether oxygens (including phenoxy) is 1. The average molecular weight is 385 g/mol. The molecule has 0 saturated heterocycles. The summed E-state index contributed by atoms with van der Waals surface area (Å²) >= 11 is 0. The molecule has 0 spiro atoms. The fraction of sp³-hybridized carbons (Fsp3) is 0.278. The van der Waals surface area contributed by atoms with Gasteiger partial charge in [-0.1, -0.05) is 48.0 Å². The maximum absolute atomic E-state index is 13.2. The van der Waals surface area contributed by atoms with Gasteiger partial charge in [-0.2, -0.15) is 13.2 Å². The van der Waals surface area contributed by atoms with Gasteiger partial charge in [-0.15, -0.1) is 0 Å². The van der Waals surface area contributed by atoms with Crippen molar-refractivity contribution in [2.45, 2.75) is 30.6 Å². The Kier molecular flexibility index (Phi) is 6.79. The Morgan fingerprint density at radius 3 is 2.31 bits per heavy atom. The molecule has 0 heterocycles. The number of carbonyl (C=O) groups is 1. The molecule has 8 heteroatoms. The Hall–Kier alpha value is -2.35. The number of carbonyl (C=O) groups excluding carboxylic acids is 1. The van der Waals surface area contributed by atoms with Crippen LogP contribution in [0.3, 0.4) is 0 Å². The lowest BCUT2D eigenvalue weighted by Gasteiger charge is -2.21. The first-order valence-corrected chi connectivity index (χ1v) is 9.06. The highest BCUT2D eigenvalue weighted by atomic mass is 32.2. The van der Waals surface area contributed by atoms with Gasteiger partial charge in [-0.3, -0.25) is 4.21 Å². The molecule has 2 aromatic carbocycles. The van der Waals surface area contributed by atoms with E-state index in [0.717, 1.165) is 5.56 Å². The molecule has 0 saturated carbocycles. The number of rotatable bonds is 6.